The van der Waals surface area contributed by atoms with Gasteiger partial charge in [-0.15, -0.1) is 0 Å². The van der Waals surface area contributed by atoms with Crippen LogP contribution in [0.5, 0.6) is 0 Å². The Labute approximate surface area is 145 Å². The second-order valence-corrected chi connectivity index (χ2v) is 6.76. The summed E-state index contributed by atoms with van der Waals surface area (Å²) in [6, 6.07) is 15.7. The van der Waals surface area contributed by atoms with E-state index in [4.69, 9.17) is 23.2 Å². The van der Waals surface area contributed by atoms with E-state index in [1.807, 2.05) is 48.5 Å². The molecule has 0 radical (unpaired) electrons. The molecule has 3 rings (SSSR count). The van der Waals surface area contributed by atoms with Crippen LogP contribution in [0.3, 0.4) is 0 Å². The number of nitrogens with zero attached hydrogens (tertiary/aromatic N) is 1. The van der Waals surface area contributed by atoms with Gasteiger partial charge in [0.05, 0.1) is 5.71 Å². The molecular weight excluding hydrogens is 331 g/mol. The molecule has 0 bridgehead atoms. The summed E-state index contributed by atoms with van der Waals surface area (Å²) in [6.07, 6.45) is 0.670. The number of benzene rings is 2. The summed E-state index contributed by atoms with van der Waals surface area (Å²) in [7, 11) is 0. The fourth-order valence-electron chi connectivity index (χ4n) is 3.10. The van der Waals surface area contributed by atoms with Crippen LogP contribution in [-0.4, -0.2) is 10.9 Å². The predicted molar refractivity (Wildman–Crippen MR) is 94.5 cm³/mol. The molecule has 0 saturated carbocycles. The Bertz CT molecular complexity index is 698. The van der Waals surface area contributed by atoms with Gasteiger partial charge >= 0.3 is 0 Å². The third-order valence-corrected chi connectivity index (χ3v) is 4.95. The topological polar surface area (TPSA) is 44.6 Å². The summed E-state index contributed by atoms with van der Waals surface area (Å²) in [6.45, 7) is 2.07. The van der Waals surface area contributed by atoms with E-state index in [1.54, 1.807) is 0 Å². The van der Waals surface area contributed by atoms with Crippen molar-refractivity contribution in [3.63, 3.8) is 0 Å². The number of nitrogens with one attached hydrogen (secondary N) is 1. The minimum Gasteiger partial charge on any atom is -0.411 e. The molecule has 23 heavy (non-hydrogen) atoms. The molecule has 2 aromatic carbocycles. The molecule has 120 valence electrons. The first kappa shape index (κ1) is 16.3. The number of halogens is 2. The molecule has 0 aromatic heterocycles. The van der Waals surface area contributed by atoms with E-state index in [1.165, 1.54) is 0 Å². The highest BCUT2D eigenvalue weighted by Gasteiger charge is 2.33. The van der Waals surface area contributed by atoms with Gasteiger partial charge in [-0.05, 0) is 35.4 Å². The maximum Gasteiger partial charge on any atom is 0.0636 e. The van der Waals surface area contributed by atoms with E-state index < -0.39 is 0 Å². The molecule has 1 aliphatic heterocycles. The van der Waals surface area contributed by atoms with Crippen molar-refractivity contribution in [1.82, 2.24) is 5.32 Å². The predicted octanol–water partition coefficient (Wildman–Crippen LogP) is 5.24. The minimum atomic E-state index is 0.0626. The van der Waals surface area contributed by atoms with Crippen LogP contribution in [-0.2, 0) is 0 Å². The van der Waals surface area contributed by atoms with Gasteiger partial charge in [-0.2, -0.15) is 0 Å². The molecule has 5 heteroatoms. The van der Waals surface area contributed by atoms with Gasteiger partial charge in [0.1, 0.15) is 0 Å². The molecule has 1 aliphatic rings. The van der Waals surface area contributed by atoms with Crippen molar-refractivity contribution in [2.45, 2.75) is 25.4 Å². The Kier molecular flexibility index (Phi) is 4.90. The lowest BCUT2D eigenvalue weighted by molar-refractivity contribution is 0.294. The Morgan fingerprint density at radius 3 is 2.00 bits per heavy atom. The fraction of sp³-hybridized carbons (Fsp3) is 0.278. The standard InChI is InChI=1S/C18H18Cl2N2O/c1-11-16(22-23)10-17(12-2-6-14(19)7-3-12)21-18(11)13-4-8-15(20)9-5-13/h2-9,11,17-18,21,23H,10H2,1H3/b22-16+/t11-,17-,18+/m0/s1. The number of piperidine rings is 1. The van der Waals surface area contributed by atoms with Crippen LogP contribution in [0.2, 0.25) is 10.0 Å². The van der Waals surface area contributed by atoms with Crippen molar-refractivity contribution in [3.8, 4) is 0 Å². The fourth-order valence-corrected chi connectivity index (χ4v) is 3.36. The molecule has 1 fully saturated rings. The molecule has 0 amide bonds. The maximum atomic E-state index is 9.40. The summed E-state index contributed by atoms with van der Waals surface area (Å²) in [5, 5.41) is 18.0. The van der Waals surface area contributed by atoms with E-state index in [0.717, 1.165) is 16.8 Å². The van der Waals surface area contributed by atoms with Crippen LogP contribution in [0.25, 0.3) is 0 Å². The van der Waals surface area contributed by atoms with E-state index >= 15 is 0 Å². The zero-order chi connectivity index (χ0) is 16.4. The van der Waals surface area contributed by atoms with Crippen LogP contribution in [0.1, 0.15) is 36.6 Å². The zero-order valence-electron chi connectivity index (χ0n) is 12.7. The lowest BCUT2D eigenvalue weighted by Crippen LogP contribution is -2.41. The molecule has 0 spiro atoms. The van der Waals surface area contributed by atoms with Crippen LogP contribution in [0.4, 0.5) is 0 Å². The third kappa shape index (κ3) is 3.52. The normalized spacial score (nSPS) is 26.4. The number of rotatable bonds is 2. The van der Waals surface area contributed by atoms with Crippen LogP contribution >= 0.6 is 23.2 Å². The summed E-state index contributed by atoms with van der Waals surface area (Å²) in [4.78, 5) is 0. The third-order valence-electron chi connectivity index (χ3n) is 4.45. The zero-order valence-corrected chi connectivity index (χ0v) is 14.2. The van der Waals surface area contributed by atoms with Crippen molar-refractivity contribution in [2.75, 3.05) is 0 Å². The van der Waals surface area contributed by atoms with Crippen molar-refractivity contribution in [1.29, 1.82) is 0 Å². The highest BCUT2D eigenvalue weighted by atomic mass is 35.5. The SMILES string of the molecule is C[C@H]1/C(=N/O)C[C@@H](c2ccc(Cl)cc2)N[C@H]1c1ccc(Cl)cc1. The lowest BCUT2D eigenvalue weighted by atomic mass is 9.81. The van der Waals surface area contributed by atoms with Gasteiger partial charge < -0.3 is 10.5 Å². The van der Waals surface area contributed by atoms with Crippen LogP contribution in [0.15, 0.2) is 53.7 Å². The highest BCUT2D eigenvalue weighted by molar-refractivity contribution is 6.30. The average molecular weight is 349 g/mol. The lowest BCUT2D eigenvalue weighted by Gasteiger charge is -2.37. The molecular formula is C18H18Cl2N2O. The van der Waals surface area contributed by atoms with Crippen LogP contribution in [0, 0.1) is 5.92 Å². The smallest absolute Gasteiger partial charge is 0.0636 e. The van der Waals surface area contributed by atoms with Gasteiger partial charge in [0, 0.05) is 34.5 Å². The first-order chi connectivity index (χ1) is 11.1. The second kappa shape index (κ2) is 6.91. The highest BCUT2D eigenvalue weighted by Crippen LogP contribution is 2.35. The Hall–Kier alpha value is -1.55. The first-order valence-electron chi connectivity index (χ1n) is 7.56. The first-order valence-corrected chi connectivity index (χ1v) is 8.32. The van der Waals surface area contributed by atoms with E-state index in [-0.39, 0.29) is 18.0 Å². The van der Waals surface area contributed by atoms with E-state index in [0.29, 0.717) is 16.5 Å². The van der Waals surface area contributed by atoms with Crippen LogP contribution < -0.4 is 5.32 Å². The van der Waals surface area contributed by atoms with Gasteiger partial charge in [-0.3, -0.25) is 0 Å². The molecule has 2 N–H and O–H groups in total. The molecule has 2 aromatic rings. The number of hydrogen-bond acceptors (Lipinski definition) is 3. The largest absolute Gasteiger partial charge is 0.411 e. The molecule has 1 saturated heterocycles. The number of hydrogen-bond donors (Lipinski definition) is 2. The minimum absolute atomic E-state index is 0.0626. The number of oxime groups is 1. The Morgan fingerprint density at radius 2 is 1.48 bits per heavy atom. The van der Waals surface area contributed by atoms with E-state index in [2.05, 4.69) is 17.4 Å². The van der Waals surface area contributed by atoms with Crippen molar-refractivity contribution >= 4 is 28.9 Å². The van der Waals surface area contributed by atoms with Gasteiger partial charge in [-0.25, -0.2) is 0 Å². The molecule has 3 atom stereocenters. The quantitative estimate of drug-likeness (QED) is 0.576. The van der Waals surface area contributed by atoms with Crippen molar-refractivity contribution in [3.05, 3.63) is 69.7 Å². The van der Waals surface area contributed by atoms with Gasteiger partial charge in [0.15, 0.2) is 0 Å². The van der Waals surface area contributed by atoms with Gasteiger partial charge in [-0.1, -0.05) is 59.5 Å². The summed E-state index contributed by atoms with van der Waals surface area (Å²) in [5.74, 6) is 0.102. The Morgan fingerprint density at radius 1 is 0.957 bits per heavy atom. The summed E-state index contributed by atoms with van der Waals surface area (Å²) in [5.41, 5.74) is 3.05. The van der Waals surface area contributed by atoms with Crippen molar-refractivity contribution < 1.29 is 5.21 Å². The monoisotopic (exact) mass is 348 g/mol. The second-order valence-electron chi connectivity index (χ2n) is 5.88. The molecule has 3 nitrogen and oxygen atoms in total. The average Bonchev–Trinajstić information content (AvgIpc) is 2.57. The molecule has 0 unspecified atom stereocenters. The Balaban J connectivity index is 1.92. The summed E-state index contributed by atoms with van der Waals surface area (Å²) >= 11 is 12.0. The maximum absolute atomic E-state index is 9.40. The summed E-state index contributed by atoms with van der Waals surface area (Å²) < 4.78 is 0. The van der Waals surface area contributed by atoms with Gasteiger partial charge in [0.2, 0.25) is 0 Å². The van der Waals surface area contributed by atoms with E-state index in [9.17, 15) is 5.21 Å². The molecule has 0 aliphatic carbocycles. The van der Waals surface area contributed by atoms with Crippen molar-refractivity contribution in [2.24, 2.45) is 11.1 Å². The van der Waals surface area contributed by atoms with Gasteiger partial charge in [0.25, 0.3) is 0 Å². The molecule has 1 heterocycles.